The minimum atomic E-state index is -1.56. The zero-order valence-electron chi connectivity index (χ0n) is 40.3. The summed E-state index contributed by atoms with van der Waals surface area (Å²) in [6, 6.07) is -0.725. The van der Waals surface area contributed by atoms with Crippen molar-refractivity contribution < 1.29 is 39.8 Å². The van der Waals surface area contributed by atoms with Crippen molar-refractivity contribution in [1.82, 2.24) is 5.32 Å². The van der Waals surface area contributed by atoms with E-state index in [-0.39, 0.29) is 12.5 Å². The summed E-state index contributed by atoms with van der Waals surface area (Å²) >= 11 is 0. The van der Waals surface area contributed by atoms with Crippen LogP contribution in [0.4, 0.5) is 0 Å². The van der Waals surface area contributed by atoms with Gasteiger partial charge in [0.25, 0.3) is 0 Å². The van der Waals surface area contributed by atoms with Crippen LogP contribution in [0, 0.1) is 0 Å². The summed E-state index contributed by atoms with van der Waals surface area (Å²) in [5.41, 5.74) is 0. The summed E-state index contributed by atoms with van der Waals surface area (Å²) in [5.74, 6) is -0.152. The van der Waals surface area contributed by atoms with E-state index < -0.39 is 49.5 Å². The third-order valence-electron chi connectivity index (χ3n) is 12.1. The molecule has 6 N–H and O–H groups in total. The molecule has 0 spiro atoms. The molecular formula is C54H97NO8. The number of rotatable bonds is 43. The van der Waals surface area contributed by atoms with E-state index in [0.717, 1.165) is 77.0 Å². The Labute approximate surface area is 386 Å². The fourth-order valence-electron chi connectivity index (χ4n) is 8.01. The van der Waals surface area contributed by atoms with E-state index in [4.69, 9.17) is 9.47 Å². The van der Waals surface area contributed by atoms with Gasteiger partial charge in [0.05, 0.1) is 25.4 Å². The minimum absolute atomic E-state index is 0.142. The maximum Gasteiger partial charge on any atom is 0.220 e. The number of amides is 1. The molecule has 9 nitrogen and oxygen atoms in total. The zero-order valence-corrected chi connectivity index (χ0v) is 40.3. The Bertz CT molecular complexity index is 1170. The predicted octanol–water partition coefficient (Wildman–Crippen LogP) is 12.0. The highest BCUT2D eigenvalue weighted by molar-refractivity contribution is 5.76. The van der Waals surface area contributed by atoms with E-state index >= 15 is 0 Å². The molecule has 0 aromatic carbocycles. The van der Waals surface area contributed by atoms with E-state index in [0.29, 0.717) is 12.8 Å². The average molecular weight is 888 g/mol. The van der Waals surface area contributed by atoms with Gasteiger partial charge >= 0.3 is 0 Å². The fourth-order valence-corrected chi connectivity index (χ4v) is 8.01. The molecule has 7 atom stereocenters. The second kappa shape index (κ2) is 43.8. The SMILES string of the molecule is CC/C=C\C/C=C\C/C=C\C/C=C\C/C=C\CCCCCCCCCCCC(=O)NC(COC1OC(CO)C(O)C(O)C1O)C(O)CCCCCCCCCCCCCCCCC. The van der Waals surface area contributed by atoms with Gasteiger partial charge in [0, 0.05) is 6.42 Å². The van der Waals surface area contributed by atoms with Crippen molar-refractivity contribution in [3.8, 4) is 0 Å². The Kier molecular flexibility index (Phi) is 40.9. The van der Waals surface area contributed by atoms with Crippen LogP contribution in [0.15, 0.2) is 60.8 Å². The van der Waals surface area contributed by atoms with Crippen LogP contribution in [0.1, 0.15) is 219 Å². The molecule has 1 fully saturated rings. The van der Waals surface area contributed by atoms with Crippen LogP contribution in [-0.2, 0) is 14.3 Å². The zero-order chi connectivity index (χ0) is 45.9. The number of carbonyl (C=O) groups is 1. The second-order valence-corrected chi connectivity index (χ2v) is 17.9. The summed E-state index contributed by atoms with van der Waals surface area (Å²) in [5, 5.41) is 54.5. The number of allylic oxidation sites excluding steroid dienone is 10. The number of hydrogen-bond acceptors (Lipinski definition) is 8. The standard InChI is InChI=1S/C54H97NO8/c1-3-5-7-9-11-13-15-17-19-20-21-22-23-24-25-26-27-28-30-32-34-36-38-40-42-44-50(58)55-47(46-62-54-53(61)52(60)51(59)49(45-56)63-54)48(57)43-41-39-37-35-33-31-29-18-16-14-12-10-8-6-4-2/h5,7,11,13,17,19,21-22,24-25,47-49,51-54,56-57,59-61H,3-4,6,8-10,12,14-16,18,20,23,26-46H2,1-2H3,(H,55,58)/b7-5-,13-11-,19-17-,22-21-,25-24-. The quantitative estimate of drug-likeness (QED) is 0.0262. The van der Waals surface area contributed by atoms with Gasteiger partial charge in [-0.05, 0) is 57.8 Å². The molecule has 0 bridgehead atoms. The molecule has 1 amide bonds. The lowest BCUT2D eigenvalue weighted by atomic mass is 9.99. The first kappa shape index (κ1) is 58.9. The molecule has 7 unspecified atom stereocenters. The van der Waals surface area contributed by atoms with E-state index in [1.165, 1.54) is 116 Å². The molecule has 366 valence electrons. The lowest BCUT2D eigenvalue weighted by Crippen LogP contribution is -2.60. The number of unbranched alkanes of at least 4 members (excludes halogenated alkanes) is 23. The lowest BCUT2D eigenvalue weighted by Gasteiger charge is -2.40. The Morgan fingerprint density at radius 2 is 0.984 bits per heavy atom. The highest BCUT2D eigenvalue weighted by atomic mass is 16.7. The largest absolute Gasteiger partial charge is 0.394 e. The van der Waals surface area contributed by atoms with Crippen molar-refractivity contribution in [3.63, 3.8) is 0 Å². The predicted molar refractivity (Wildman–Crippen MR) is 262 cm³/mol. The van der Waals surface area contributed by atoms with Crippen LogP contribution in [0.3, 0.4) is 0 Å². The molecule has 0 aromatic heterocycles. The van der Waals surface area contributed by atoms with Gasteiger partial charge in [-0.25, -0.2) is 0 Å². The Balaban J connectivity index is 2.25. The van der Waals surface area contributed by atoms with Crippen LogP contribution in [0.2, 0.25) is 0 Å². The third kappa shape index (κ3) is 33.9. The second-order valence-electron chi connectivity index (χ2n) is 17.9. The summed E-state index contributed by atoms with van der Waals surface area (Å²) in [6.07, 6.45) is 50.8. The Morgan fingerprint density at radius 3 is 1.46 bits per heavy atom. The van der Waals surface area contributed by atoms with Gasteiger partial charge in [0.1, 0.15) is 24.4 Å². The number of carbonyl (C=O) groups excluding carboxylic acids is 1. The summed E-state index contributed by atoms with van der Waals surface area (Å²) in [6.45, 7) is 3.72. The van der Waals surface area contributed by atoms with Gasteiger partial charge in [-0.3, -0.25) is 4.79 Å². The molecule has 0 aromatic rings. The van der Waals surface area contributed by atoms with Gasteiger partial charge in [-0.15, -0.1) is 0 Å². The molecular weight excluding hydrogens is 791 g/mol. The van der Waals surface area contributed by atoms with Crippen LogP contribution in [-0.4, -0.2) is 87.5 Å². The van der Waals surface area contributed by atoms with Crippen molar-refractivity contribution in [2.75, 3.05) is 13.2 Å². The summed E-state index contributed by atoms with van der Waals surface area (Å²) in [7, 11) is 0. The molecule has 1 heterocycles. The van der Waals surface area contributed by atoms with Gasteiger partial charge in [-0.1, -0.05) is 216 Å². The molecule has 0 aliphatic carbocycles. The van der Waals surface area contributed by atoms with E-state index in [2.05, 4.69) is 79.9 Å². The molecule has 0 radical (unpaired) electrons. The molecule has 0 saturated carbocycles. The number of hydrogen-bond donors (Lipinski definition) is 6. The minimum Gasteiger partial charge on any atom is -0.394 e. The first-order valence-electron chi connectivity index (χ1n) is 26.0. The first-order valence-corrected chi connectivity index (χ1v) is 26.0. The Hall–Kier alpha value is -2.11. The van der Waals surface area contributed by atoms with Gasteiger partial charge in [0.15, 0.2) is 6.29 Å². The number of aliphatic hydroxyl groups is 5. The highest BCUT2D eigenvalue weighted by Crippen LogP contribution is 2.23. The van der Waals surface area contributed by atoms with Gasteiger partial charge in [0.2, 0.25) is 5.91 Å². The van der Waals surface area contributed by atoms with Crippen molar-refractivity contribution in [2.45, 2.75) is 262 Å². The molecule has 1 aliphatic rings. The van der Waals surface area contributed by atoms with E-state index in [1.807, 2.05) is 0 Å². The molecule has 1 aliphatic heterocycles. The van der Waals surface area contributed by atoms with Gasteiger partial charge < -0.3 is 40.3 Å². The van der Waals surface area contributed by atoms with Crippen molar-refractivity contribution in [1.29, 1.82) is 0 Å². The molecule has 63 heavy (non-hydrogen) atoms. The lowest BCUT2D eigenvalue weighted by molar-refractivity contribution is -0.302. The number of aliphatic hydroxyl groups excluding tert-OH is 5. The maximum atomic E-state index is 13.0. The topological polar surface area (TPSA) is 149 Å². The van der Waals surface area contributed by atoms with Gasteiger partial charge in [-0.2, -0.15) is 0 Å². The fraction of sp³-hybridized carbons (Fsp3) is 0.796. The summed E-state index contributed by atoms with van der Waals surface area (Å²) in [4.78, 5) is 13.0. The average Bonchev–Trinajstić information content (AvgIpc) is 3.28. The van der Waals surface area contributed by atoms with Crippen molar-refractivity contribution in [3.05, 3.63) is 60.8 Å². The maximum absolute atomic E-state index is 13.0. The van der Waals surface area contributed by atoms with Crippen molar-refractivity contribution in [2.24, 2.45) is 0 Å². The normalized spacial score (nSPS) is 20.7. The third-order valence-corrected chi connectivity index (χ3v) is 12.1. The van der Waals surface area contributed by atoms with Crippen LogP contribution >= 0.6 is 0 Å². The van der Waals surface area contributed by atoms with E-state index in [1.54, 1.807) is 0 Å². The number of ether oxygens (including phenoxy) is 2. The molecule has 1 rings (SSSR count). The molecule has 1 saturated heterocycles. The molecule has 9 heteroatoms. The van der Waals surface area contributed by atoms with E-state index in [9.17, 15) is 30.3 Å². The summed E-state index contributed by atoms with van der Waals surface area (Å²) < 4.78 is 11.3. The highest BCUT2D eigenvalue weighted by Gasteiger charge is 2.44. The smallest absolute Gasteiger partial charge is 0.220 e. The first-order chi connectivity index (χ1) is 30.8. The van der Waals surface area contributed by atoms with Crippen molar-refractivity contribution >= 4 is 5.91 Å². The van der Waals surface area contributed by atoms with Crippen LogP contribution < -0.4 is 5.32 Å². The van der Waals surface area contributed by atoms with Crippen LogP contribution in [0.5, 0.6) is 0 Å². The monoisotopic (exact) mass is 888 g/mol. The number of nitrogens with one attached hydrogen (secondary N) is 1. The Morgan fingerprint density at radius 1 is 0.556 bits per heavy atom. The van der Waals surface area contributed by atoms with Crippen LogP contribution in [0.25, 0.3) is 0 Å².